The van der Waals surface area contributed by atoms with Gasteiger partial charge in [-0.2, -0.15) is 0 Å². The van der Waals surface area contributed by atoms with Crippen molar-refractivity contribution in [3.8, 4) is 0 Å². The molecule has 2 rings (SSSR count). The molecule has 0 amide bonds. The summed E-state index contributed by atoms with van der Waals surface area (Å²) in [7, 11) is 0. The highest BCUT2D eigenvalue weighted by atomic mass is 16.1. The maximum atomic E-state index is 11.1. The molecule has 0 spiro atoms. The third-order valence-electron chi connectivity index (χ3n) is 2.28. The van der Waals surface area contributed by atoms with E-state index in [1.165, 1.54) is 6.20 Å². The SMILES string of the molecule is CC(C)(C)c1ccnc2[nH]c(=O)cnc12. The molecule has 15 heavy (non-hydrogen) atoms. The standard InChI is InChI=1S/C11H13N3O/c1-11(2,3)7-4-5-12-10-9(7)13-6-8(15)14-10/h4-6H,1-3H3,(H,12,14,15). The van der Waals surface area contributed by atoms with E-state index in [2.05, 4.69) is 35.7 Å². The van der Waals surface area contributed by atoms with Crippen LogP contribution in [0.1, 0.15) is 26.3 Å². The zero-order valence-corrected chi connectivity index (χ0v) is 9.03. The highest BCUT2D eigenvalue weighted by Gasteiger charge is 2.17. The first-order valence-corrected chi connectivity index (χ1v) is 4.83. The van der Waals surface area contributed by atoms with E-state index in [0.29, 0.717) is 5.65 Å². The monoisotopic (exact) mass is 203 g/mol. The smallest absolute Gasteiger partial charge is 0.268 e. The van der Waals surface area contributed by atoms with E-state index in [0.717, 1.165) is 11.1 Å². The molecule has 4 nitrogen and oxygen atoms in total. The Morgan fingerprint density at radius 3 is 2.67 bits per heavy atom. The number of aromatic nitrogens is 3. The number of nitrogens with one attached hydrogen (secondary N) is 1. The number of aromatic amines is 1. The molecule has 0 atom stereocenters. The van der Waals surface area contributed by atoms with Gasteiger partial charge in [0.05, 0.1) is 6.20 Å². The molecule has 0 aliphatic heterocycles. The second-order valence-electron chi connectivity index (χ2n) is 4.55. The van der Waals surface area contributed by atoms with Crippen molar-refractivity contribution < 1.29 is 0 Å². The molecule has 4 heteroatoms. The van der Waals surface area contributed by atoms with Crippen LogP contribution >= 0.6 is 0 Å². The maximum Gasteiger partial charge on any atom is 0.268 e. The van der Waals surface area contributed by atoms with Crippen LogP contribution in [0.3, 0.4) is 0 Å². The van der Waals surface area contributed by atoms with Crippen LogP contribution in [0.15, 0.2) is 23.3 Å². The second kappa shape index (κ2) is 3.15. The molecule has 2 aromatic rings. The Balaban J connectivity index is 2.83. The number of hydrogen-bond donors (Lipinski definition) is 1. The van der Waals surface area contributed by atoms with Crippen molar-refractivity contribution in [3.05, 3.63) is 34.4 Å². The molecule has 0 saturated carbocycles. The minimum atomic E-state index is -0.221. The molecule has 0 bridgehead atoms. The lowest BCUT2D eigenvalue weighted by atomic mass is 9.87. The summed E-state index contributed by atoms with van der Waals surface area (Å²) >= 11 is 0. The van der Waals surface area contributed by atoms with Crippen LogP contribution in [0.4, 0.5) is 0 Å². The molecule has 0 aliphatic carbocycles. The molecular weight excluding hydrogens is 190 g/mol. The van der Waals surface area contributed by atoms with Gasteiger partial charge in [-0.15, -0.1) is 0 Å². The fourth-order valence-electron chi connectivity index (χ4n) is 1.55. The lowest BCUT2D eigenvalue weighted by Gasteiger charge is -2.19. The molecule has 2 aromatic heterocycles. The van der Waals surface area contributed by atoms with Crippen molar-refractivity contribution in [2.24, 2.45) is 0 Å². The van der Waals surface area contributed by atoms with Crippen molar-refractivity contribution in [1.82, 2.24) is 15.0 Å². The Labute approximate surface area is 87.4 Å². The van der Waals surface area contributed by atoms with Crippen LogP contribution in [-0.2, 0) is 5.41 Å². The van der Waals surface area contributed by atoms with E-state index in [1.807, 2.05) is 6.07 Å². The summed E-state index contributed by atoms with van der Waals surface area (Å²) in [4.78, 5) is 22.0. The first-order valence-electron chi connectivity index (χ1n) is 4.83. The lowest BCUT2D eigenvalue weighted by molar-refractivity contribution is 0.593. The quantitative estimate of drug-likeness (QED) is 0.707. The number of nitrogens with zero attached hydrogens (tertiary/aromatic N) is 2. The summed E-state index contributed by atoms with van der Waals surface area (Å²) in [5.41, 5.74) is 2.18. The highest BCUT2D eigenvalue weighted by molar-refractivity contribution is 5.74. The number of rotatable bonds is 0. The minimum absolute atomic E-state index is 0.00751. The van der Waals surface area contributed by atoms with Crippen LogP contribution < -0.4 is 5.56 Å². The molecule has 0 unspecified atom stereocenters. The normalized spacial score (nSPS) is 11.9. The van der Waals surface area contributed by atoms with E-state index < -0.39 is 0 Å². The molecular formula is C11H13N3O. The largest absolute Gasteiger partial charge is 0.304 e. The van der Waals surface area contributed by atoms with E-state index in [9.17, 15) is 4.79 Å². The Hall–Kier alpha value is -1.71. The van der Waals surface area contributed by atoms with E-state index in [4.69, 9.17) is 0 Å². The van der Waals surface area contributed by atoms with Gasteiger partial charge >= 0.3 is 0 Å². The number of pyridine rings is 1. The predicted molar refractivity (Wildman–Crippen MR) is 58.9 cm³/mol. The average Bonchev–Trinajstić information content (AvgIpc) is 2.15. The van der Waals surface area contributed by atoms with Crippen LogP contribution in [-0.4, -0.2) is 15.0 Å². The van der Waals surface area contributed by atoms with E-state index in [1.54, 1.807) is 6.20 Å². The van der Waals surface area contributed by atoms with Gasteiger partial charge in [-0.25, -0.2) is 9.97 Å². The summed E-state index contributed by atoms with van der Waals surface area (Å²) < 4.78 is 0. The van der Waals surface area contributed by atoms with Crippen molar-refractivity contribution in [2.75, 3.05) is 0 Å². The molecule has 0 aliphatic rings. The first-order chi connectivity index (χ1) is 6.98. The lowest BCUT2D eigenvalue weighted by Crippen LogP contribution is -2.15. The van der Waals surface area contributed by atoms with Crippen molar-refractivity contribution in [2.45, 2.75) is 26.2 Å². The Morgan fingerprint density at radius 1 is 1.27 bits per heavy atom. The van der Waals surface area contributed by atoms with Crippen molar-refractivity contribution in [1.29, 1.82) is 0 Å². The van der Waals surface area contributed by atoms with Gasteiger partial charge in [-0.1, -0.05) is 20.8 Å². The maximum absolute atomic E-state index is 11.1. The fraction of sp³-hybridized carbons (Fsp3) is 0.364. The molecule has 0 saturated heterocycles. The van der Waals surface area contributed by atoms with Gasteiger partial charge in [0.25, 0.3) is 5.56 Å². The molecule has 0 radical (unpaired) electrons. The third-order valence-corrected chi connectivity index (χ3v) is 2.28. The predicted octanol–water partition coefficient (Wildman–Crippen LogP) is 1.62. The third kappa shape index (κ3) is 1.75. The zero-order chi connectivity index (χ0) is 11.1. The molecule has 2 heterocycles. The van der Waals surface area contributed by atoms with E-state index in [-0.39, 0.29) is 11.0 Å². The number of H-pyrrole nitrogens is 1. The van der Waals surface area contributed by atoms with Gasteiger partial charge in [-0.05, 0) is 17.0 Å². The average molecular weight is 203 g/mol. The number of hydrogen-bond acceptors (Lipinski definition) is 3. The highest BCUT2D eigenvalue weighted by Crippen LogP contribution is 2.25. The van der Waals surface area contributed by atoms with Crippen LogP contribution in [0.5, 0.6) is 0 Å². The Morgan fingerprint density at radius 2 is 2.00 bits per heavy atom. The molecule has 0 aromatic carbocycles. The minimum Gasteiger partial charge on any atom is -0.304 e. The van der Waals surface area contributed by atoms with Gasteiger partial charge in [0.2, 0.25) is 0 Å². The second-order valence-corrected chi connectivity index (χ2v) is 4.55. The summed E-state index contributed by atoms with van der Waals surface area (Å²) in [6.07, 6.45) is 2.99. The van der Waals surface area contributed by atoms with Crippen molar-refractivity contribution >= 4 is 11.2 Å². The summed E-state index contributed by atoms with van der Waals surface area (Å²) in [6.45, 7) is 6.32. The van der Waals surface area contributed by atoms with Crippen LogP contribution in [0.2, 0.25) is 0 Å². The Bertz CT molecular complexity index is 551. The van der Waals surface area contributed by atoms with Gasteiger partial charge in [0.15, 0.2) is 5.65 Å². The van der Waals surface area contributed by atoms with Gasteiger partial charge in [-0.3, -0.25) is 4.79 Å². The van der Waals surface area contributed by atoms with Crippen LogP contribution in [0, 0.1) is 0 Å². The summed E-state index contributed by atoms with van der Waals surface area (Å²) in [5.74, 6) is 0. The van der Waals surface area contributed by atoms with E-state index >= 15 is 0 Å². The summed E-state index contributed by atoms with van der Waals surface area (Å²) in [5, 5.41) is 0. The van der Waals surface area contributed by atoms with Gasteiger partial charge in [0, 0.05) is 6.20 Å². The molecule has 78 valence electrons. The first kappa shape index (κ1) is 9.83. The van der Waals surface area contributed by atoms with Gasteiger partial charge in [0.1, 0.15) is 5.52 Å². The topological polar surface area (TPSA) is 58.6 Å². The van der Waals surface area contributed by atoms with Gasteiger partial charge < -0.3 is 4.98 Å². The van der Waals surface area contributed by atoms with Crippen LogP contribution in [0.25, 0.3) is 11.2 Å². The van der Waals surface area contributed by atoms with Crippen molar-refractivity contribution in [3.63, 3.8) is 0 Å². The Kier molecular flexibility index (Phi) is 2.07. The number of fused-ring (bicyclic) bond motifs is 1. The summed E-state index contributed by atoms with van der Waals surface area (Å²) in [6, 6.07) is 1.94. The zero-order valence-electron chi connectivity index (χ0n) is 9.03. The molecule has 1 N–H and O–H groups in total. The fourth-order valence-corrected chi connectivity index (χ4v) is 1.55. The molecule has 0 fully saturated rings.